The fourth-order valence-corrected chi connectivity index (χ4v) is 1.63. The summed E-state index contributed by atoms with van der Waals surface area (Å²) in [6, 6.07) is 0.371. The number of hydrogen-bond acceptors (Lipinski definition) is 5. The molecule has 2 heterocycles. The molecule has 1 saturated heterocycles. The monoisotopic (exact) mass is 222 g/mol. The zero-order valence-electron chi connectivity index (χ0n) is 9.57. The van der Waals surface area contributed by atoms with Gasteiger partial charge < -0.3 is 15.4 Å². The Hall–Kier alpha value is -1.36. The molecule has 1 atom stereocenters. The van der Waals surface area contributed by atoms with E-state index in [1.807, 2.05) is 0 Å². The van der Waals surface area contributed by atoms with E-state index in [-0.39, 0.29) is 0 Å². The van der Waals surface area contributed by atoms with Gasteiger partial charge in [0.05, 0.1) is 25.0 Å². The van der Waals surface area contributed by atoms with Crippen LogP contribution in [-0.4, -0.2) is 35.8 Å². The first-order valence-corrected chi connectivity index (χ1v) is 5.78. The number of rotatable bonds is 5. The third-order valence-corrected chi connectivity index (χ3v) is 2.47. The van der Waals surface area contributed by atoms with Gasteiger partial charge in [0.25, 0.3) is 0 Å². The summed E-state index contributed by atoms with van der Waals surface area (Å²) in [7, 11) is 0. The van der Waals surface area contributed by atoms with E-state index in [0.717, 1.165) is 44.2 Å². The number of aromatic nitrogens is 2. The third kappa shape index (κ3) is 3.06. The Morgan fingerprint density at radius 3 is 3.06 bits per heavy atom. The second-order valence-electron chi connectivity index (χ2n) is 3.92. The number of nitrogens with zero attached hydrogens (tertiary/aromatic N) is 2. The van der Waals surface area contributed by atoms with Gasteiger partial charge >= 0.3 is 0 Å². The van der Waals surface area contributed by atoms with Gasteiger partial charge in [-0.1, -0.05) is 6.92 Å². The Labute approximate surface area is 95.6 Å². The molecular weight excluding hydrogens is 204 g/mol. The lowest BCUT2D eigenvalue weighted by atomic mass is 10.3. The summed E-state index contributed by atoms with van der Waals surface area (Å²) in [4.78, 5) is 8.58. The number of ether oxygens (including phenoxy) is 1. The Bertz CT molecular complexity index is 326. The summed E-state index contributed by atoms with van der Waals surface area (Å²) in [5.74, 6) is 1.64. The van der Waals surface area contributed by atoms with E-state index in [0.29, 0.717) is 6.04 Å². The van der Waals surface area contributed by atoms with E-state index in [9.17, 15) is 0 Å². The highest BCUT2D eigenvalue weighted by Gasteiger charge is 2.15. The van der Waals surface area contributed by atoms with Crippen LogP contribution in [0.15, 0.2) is 12.4 Å². The molecule has 1 aliphatic heterocycles. The normalized spacial score (nSPS) is 19.7. The lowest BCUT2D eigenvalue weighted by molar-refractivity contribution is 0.195. The van der Waals surface area contributed by atoms with Gasteiger partial charge in [0, 0.05) is 13.2 Å². The summed E-state index contributed by atoms with van der Waals surface area (Å²) >= 11 is 0. The van der Waals surface area contributed by atoms with Gasteiger partial charge in [0.1, 0.15) is 11.6 Å². The molecule has 5 nitrogen and oxygen atoms in total. The zero-order chi connectivity index (χ0) is 11.2. The maximum absolute atomic E-state index is 5.30. The van der Waals surface area contributed by atoms with Crippen LogP contribution in [-0.2, 0) is 4.74 Å². The van der Waals surface area contributed by atoms with Gasteiger partial charge in [0.15, 0.2) is 0 Å². The van der Waals surface area contributed by atoms with Crippen molar-refractivity contribution in [3.63, 3.8) is 0 Å². The van der Waals surface area contributed by atoms with Crippen molar-refractivity contribution >= 4 is 11.6 Å². The molecule has 0 amide bonds. The van der Waals surface area contributed by atoms with Crippen molar-refractivity contribution < 1.29 is 4.74 Å². The van der Waals surface area contributed by atoms with Gasteiger partial charge in [0.2, 0.25) is 0 Å². The topological polar surface area (TPSA) is 59.1 Å². The molecule has 16 heavy (non-hydrogen) atoms. The van der Waals surface area contributed by atoms with E-state index in [4.69, 9.17) is 4.74 Å². The minimum Gasteiger partial charge on any atom is -0.379 e. The van der Waals surface area contributed by atoms with Crippen LogP contribution in [0.4, 0.5) is 11.6 Å². The van der Waals surface area contributed by atoms with Crippen molar-refractivity contribution in [3.8, 4) is 0 Å². The molecule has 1 unspecified atom stereocenters. The van der Waals surface area contributed by atoms with E-state index in [1.54, 1.807) is 12.4 Å². The molecule has 0 aromatic carbocycles. The fraction of sp³-hybridized carbons (Fsp3) is 0.636. The van der Waals surface area contributed by atoms with Crippen LogP contribution in [0.5, 0.6) is 0 Å². The second-order valence-corrected chi connectivity index (χ2v) is 3.92. The summed E-state index contributed by atoms with van der Waals surface area (Å²) in [6.07, 6.45) is 5.60. The average molecular weight is 222 g/mol. The minimum atomic E-state index is 0.371. The summed E-state index contributed by atoms with van der Waals surface area (Å²) in [5, 5.41) is 6.53. The average Bonchev–Trinajstić information content (AvgIpc) is 2.80. The fourth-order valence-electron chi connectivity index (χ4n) is 1.63. The van der Waals surface area contributed by atoms with Crippen LogP contribution in [0.3, 0.4) is 0 Å². The quantitative estimate of drug-likeness (QED) is 0.790. The number of nitrogens with one attached hydrogen (secondary N) is 2. The molecule has 2 rings (SSSR count). The van der Waals surface area contributed by atoms with Crippen LogP contribution in [0, 0.1) is 0 Å². The molecule has 1 fully saturated rings. The molecular formula is C11H18N4O. The maximum Gasteiger partial charge on any atom is 0.147 e. The Morgan fingerprint density at radius 2 is 2.31 bits per heavy atom. The van der Waals surface area contributed by atoms with Crippen molar-refractivity contribution in [2.24, 2.45) is 0 Å². The SMILES string of the molecule is CCCNc1cncc(NC2CCOC2)n1. The van der Waals surface area contributed by atoms with Crippen molar-refractivity contribution in [1.29, 1.82) is 0 Å². The Kier molecular flexibility index (Phi) is 3.93. The molecule has 0 spiro atoms. The van der Waals surface area contributed by atoms with Crippen molar-refractivity contribution in [2.75, 3.05) is 30.4 Å². The highest BCUT2D eigenvalue weighted by atomic mass is 16.5. The molecule has 1 aromatic rings. The van der Waals surface area contributed by atoms with Crippen LogP contribution >= 0.6 is 0 Å². The van der Waals surface area contributed by atoms with Crippen LogP contribution in [0.1, 0.15) is 19.8 Å². The smallest absolute Gasteiger partial charge is 0.147 e. The minimum absolute atomic E-state index is 0.371. The molecule has 1 aliphatic rings. The highest BCUT2D eigenvalue weighted by molar-refractivity contribution is 5.42. The van der Waals surface area contributed by atoms with Gasteiger partial charge in [-0.15, -0.1) is 0 Å². The van der Waals surface area contributed by atoms with Crippen LogP contribution < -0.4 is 10.6 Å². The van der Waals surface area contributed by atoms with Crippen molar-refractivity contribution in [2.45, 2.75) is 25.8 Å². The second kappa shape index (κ2) is 5.65. The third-order valence-electron chi connectivity index (χ3n) is 2.47. The van der Waals surface area contributed by atoms with E-state index < -0.39 is 0 Å². The molecule has 0 aliphatic carbocycles. The number of hydrogen-bond donors (Lipinski definition) is 2. The first-order valence-electron chi connectivity index (χ1n) is 5.78. The van der Waals surface area contributed by atoms with Gasteiger partial charge in [-0.2, -0.15) is 0 Å². The lowest BCUT2D eigenvalue weighted by Crippen LogP contribution is -2.20. The molecule has 1 aromatic heterocycles. The largest absolute Gasteiger partial charge is 0.379 e. The van der Waals surface area contributed by atoms with Crippen LogP contribution in [0.2, 0.25) is 0 Å². The molecule has 2 N–H and O–H groups in total. The summed E-state index contributed by atoms with van der Waals surface area (Å²) in [6.45, 7) is 4.64. The maximum atomic E-state index is 5.30. The van der Waals surface area contributed by atoms with Crippen molar-refractivity contribution in [1.82, 2.24) is 9.97 Å². The molecule has 0 bridgehead atoms. The molecule has 0 saturated carbocycles. The van der Waals surface area contributed by atoms with Gasteiger partial charge in [-0.25, -0.2) is 4.98 Å². The Balaban J connectivity index is 1.92. The number of anilines is 2. The zero-order valence-corrected chi connectivity index (χ0v) is 9.57. The van der Waals surface area contributed by atoms with Crippen molar-refractivity contribution in [3.05, 3.63) is 12.4 Å². The van der Waals surface area contributed by atoms with Crippen LogP contribution in [0.25, 0.3) is 0 Å². The molecule has 88 valence electrons. The highest BCUT2D eigenvalue weighted by Crippen LogP contribution is 2.12. The predicted molar refractivity (Wildman–Crippen MR) is 63.7 cm³/mol. The van der Waals surface area contributed by atoms with E-state index in [1.165, 1.54) is 0 Å². The van der Waals surface area contributed by atoms with E-state index >= 15 is 0 Å². The molecule has 5 heteroatoms. The lowest BCUT2D eigenvalue weighted by Gasteiger charge is -2.11. The summed E-state index contributed by atoms with van der Waals surface area (Å²) < 4.78 is 5.30. The standard InChI is InChI=1S/C11H18N4O/c1-2-4-13-10-6-12-7-11(15-10)14-9-3-5-16-8-9/h6-7,9H,2-5,8H2,1H3,(H2,13,14,15). The Morgan fingerprint density at radius 1 is 1.44 bits per heavy atom. The van der Waals surface area contributed by atoms with E-state index in [2.05, 4.69) is 27.5 Å². The first kappa shape index (κ1) is 11.1. The first-order chi connectivity index (χ1) is 7.88. The van der Waals surface area contributed by atoms with Gasteiger partial charge in [-0.05, 0) is 12.8 Å². The van der Waals surface area contributed by atoms with Gasteiger partial charge in [-0.3, -0.25) is 4.98 Å². The molecule has 0 radical (unpaired) electrons. The predicted octanol–water partition coefficient (Wildman–Crippen LogP) is 1.50. The summed E-state index contributed by atoms with van der Waals surface area (Å²) in [5.41, 5.74) is 0.